The van der Waals surface area contributed by atoms with Gasteiger partial charge in [-0.15, -0.1) is 0 Å². The Morgan fingerprint density at radius 3 is 2.41 bits per heavy atom. The van der Waals surface area contributed by atoms with Crippen LogP contribution < -0.4 is 5.32 Å². The lowest BCUT2D eigenvalue weighted by atomic mass is 10.2. The molecule has 2 aromatic carbocycles. The number of hydrogen-bond acceptors (Lipinski definition) is 3. The first-order valence-electron chi connectivity index (χ1n) is 6.05. The average molecular weight is 322 g/mol. The summed E-state index contributed by atoms with van der Waals surface area (Å²) >= 11 is -0.238. The molecule has 0 radical (unpaired) electrons. The van der Waals surface area contributed by atoms with E-state index in [1.165, 1.54) is 30.3 Å². The quantitative estimate of drug-likeness (QED) is 0.851. The summed E-state index contributed by atoms with van der Waals surface area (Å²) in [6, 6.07) is 13.4. The van der Waals surface area contributed by atoms with Crippen LogP contribution in [0.25, 0.3) is 0 Å². The number of rotatable bonds is 3. The van der Waals surface area contributed by atoms with Crippen molar-refractivity contribution in [2.75, 3.05) is 5.32 Å². The summed E-state index contributed by atoms with van der Waals surface area (Å²) in [6.07, 6.45) is 0. The molecule has 2 aromatic rings. The van der Waals surface area contributed by atoms with Gasteiger partial charge in [0, 0.05) is 16.1 Å². The van der Waals surface area contributed by atoms with Crippen LogP contribution in [-0.2, 0) is 0 Å². The molecule has 1 N–H and O–H groups in total. The van der Waals surface area contributed by atoms with Crippen LogP contribution in [0.1, 0.15) is 15.9 Å². The highest BCUT2D eigenvalue weighted by Gasteiger charge is 2.29. The molecule has 112 valence electrons. The third-order valence-electron chi connectivity index (χ3n) is 2.60. The Morgan fingerprint density at radius 2 is 1.82 bits per heavy atom. The monoisotopic (exact) mass is 322 g/mol. The van der Waals surface area contributed by atoms with Crippen LogP contribution in [0.15, 0.2) is 53.4 Å². The van der Waals surface area contributed by atoms with Crippen molar-refractivity contribution in [2.45, 2.75) is 10.4 Å². The van der Waals surface area contributed by atoms with E-state index in [1.54, 1.807) is 18.2 Å². The molecule has 0 aromatic heterocycles. The highest BCUT2D eigenvalue weighted by molar-refractivity contribution is 8.00. The van der Waals surface area contributed by atoms with Gasteiger partial charge in [0.2, 0.25) is 0 Å². The molecule has 0 bridgehead atoms. The molecule has 0 unspecified atom stereocenters. The number of amides is 1. The van der Waals surface area contributed by atoms with Crippen LogP contribution in [0.3, 0.4) is 0 Å². The molecular weight excluding hydrogens is 313 g/mol. The van der Waals surface area contributed by atoms with Gasteiger partial charge in [-0.25, -0.2) is 0 Å². The summed E-state index contributed by atoms with van der Waals surface area (Å²) in [5, 5.41) is 11.4. The minimum atomic E-state index is -4.36. The minimum Gasteiger partial charge on any atom is -0.322 e. The number of alkyl halides is 3. The van der Waals surface area contributed by atoms with E-state index >= 15 is 0 Å². The van der Waals surface area contributed by atoms with Crippen molar-refractivity contribution in [3.8, 4) is 6.07 Å². The summed E-state index contributed by atoms with van der Waals surface area (Å²) < 4.78 is 36.7. The number of hydrogen-bond donors (Lipinski definition) is 1. The lowest BCUT2D eigenvalue weighted by molar-refractivity contribution is -0.0328. The fraction of sp³-hybridized carbons (Fsp3) is 0.0667. The summed E-state index contributed by atoms with van der Waals surface area (Å²) in [5.41, 5.74) is -3.29. The summed E-state index contributed by atoms with van der Waals surface area (Å²) in [7, 11) is 0. The molecule has 2 rings (SSSR count). The largest absolute Gasteiger partial charge is 0.446 e. The van der Waals surface area contributed by atoms with Crippen molar-refractivity contribution in [1.82, 2.24) is 0 Å². The molecule has 0 fully saturated rings. The number of nitrogens with zero attached hydrogens (tertiary/aromatic N) is 1. The number of carbonyl (C=O) groups excluding carboxylic acids is 1. The third kappa shape index (κ3) is 4.53. The molecule has 1 amide bonds. The van der Waals surface area contributed by atoms with Gasteiger partial charge in [0.05, 0.1) is 11.6 Å². The second-order valence-electron chi connectivity index (χ2n) is 4.22. The number of thioether (sulfide) groups is 1. The highest BCUT2D eigenvalue weighted by Crippen LogP contribution is 2.36. The van der Waals surface area contributed by atoms with Crippen molar-refractivity contribution in [3.05, 3.63) is 59.7 Å². The van der Waals surface area contributed by atoms with Gasteiger partial charge in [0.25, 0.3) is 5.91 Å². The van der Waals surface area contributed by atoms with Crippen LogP contribution in [0.2, 0.25) is 0 Å². The fourth-order valence-corrected chi connectivity index (χ4v) is 2.22. The molecule has 3 nitrogen and oxygen atoms in total. The Bertz CT molecular complexity index is 721. The lowest BCUT2D eigenvalue weighted by Crippen LogP contribution is -2.11. The van der Waals surface area contributed by atoms with Gasteiger partial charge < -0.3 is 5.32 Å². The average Bonchev–Trinajstić information content (AvgIpc) is 2.46. The second kappa shape index (κ2) is 6.54. The Hall–Kier alpha value is -2.46. The van der Waals surface area contributed by atoms with Crippen LogP contribution in [-0.4, -0.2) is 11.4 Å². The Balaban J connectivity index is 2.08. The first-order chi connectivity index (χ1) is 10.4. The van der Waals surface area contributed by atoms with Crippen LogP contribution in [0, 0.1) is 11.3 Å². The molecule has 22 heavy (non-hydrogen) atoms. The van der Waals surface area contributed by atoms with Crippen LogP contribution in [0.4, 0.5) is 18.9 Å². The summed E-state index contributed by atoms with van der Waals surface area (Å²) in [6.45, 7) is 0. The topological polar surface area (TPSA) is 52.9 Å². The predicted octanol–water partition coefficient (Wildman–Crippen LogP) is 4.42. The van der Waals surface area contributed by atoms with E-state index in [2.05, 4.69) is 5.32 Å². The van der Waals surface area contributed by atoms with Crippen molar-refractivity contribution in [1.29, 1.82) is 5.26 Å². The first kappa shape index (κ1) is 15.9. The predicted molar refractivity (Wildman–Crippen MR) is 77.5 cm³/mol. The molecule has 0 spiro atoms. The molecule has 7 heteroatoms. The maximum absolute atomic E-state index is 12.2. The van der Waals surface area contributed by atoms with Crippen LogP contribution >= 0.6 is 11.8 Å². The zero-order chi connectivity index (χ0) is 16.2. The number of halogens is 3. The zero-order valence-corrected chi connectivity index (χ0v) is 11.8. The van der Waals surface area contributed by atoms with Crippen molar-refractivity contribution in [3.63, 3.8) is 0 Å². The zero-order valence-electron chi connectivity index (χ0n) is 11.0. The highest BCUT2D eigenvalue weighted by atomic mass is 32.2. The number of anilines is 1. The number of carbonyl (C=O) groups is 1. The van der Waals surface area contributed by atoms with Gasteiger partial charge in [-0.3, -0.25) is 4.79 Å². The number of nitrogens with one attached hydrogen (secondary N) is 1. The van der Waals surface area contributed by atoms with E-state index in [-0.39, 0.29) is 22.2 Å². The SMILES string of the molecule is N#Cc1cccc(NC(=O)c2ccc(SC(F)(F)F)cc2)c1. The Labute approximate surface area is 128 Å². The number of nitriles is 1. The molecule has 0 saturated carbocycles. The molecule has 0 aliphatic heterocycles. The Kier molecular flexibility index (Phi) is 4.73. The van der Waals surface area contributed by atoms with Crippen molar-refractivity contribution >= 4 is 23.4 Å². The van der Waals surface area contributed by atoms with Gasteiger partial charge in [-0.2, -0.15) is 18.4 Å². The van der Waals surface area contributed by atoms with Gasteiger partial charge in [0.1, 0.15) is 0 Å². The van der Waals surface area contributed by atoms with Gasteiger partial charge >= 0.3 is 5.51 Å². The summed E-state index contributed by atoms with van der Waals surface area (Å²) in [4.78, 5) is 12.0. The van der Waals surface area contributed by atoms with Crippen molar-refractivity contribution < 1.29 is 18.0 Å². The third-order valence-corrected chi connectivity index (χ3v) is 3.34. The summed E-state index contributed by atoms with van der Waals surface area (Å²) in [5.74, 6) is -0.460. The molecule has 0 saturated heterocycles. The van der Waals surface area contributed by atoms with Gasteiger partial charge in [-0.05, 0) is 54.2 Å². The van der Waals surface area contributed by atoms with E-state index in [0.717, 1.165) is 0 Å². The maximum atomic E-state index is 12.2. The molecular formula is C15H9F3N2OS. The van der Waals surface area contributed by atoms with E-state index in [9.17, 15) is 18.0 Å². The Morgan fingerprint density at radius 1 is 1.14 bits per heavy atom. The van der Waals surface area contributed by atoms with E-state index in [1.807, 2.05) is 6.07 Å². The van der Waals surface area contributed by atoms with Gasteiger partial charge in [-0.1, -0.05) is 6.07 Å². The minimum absolute atomic E-state index is 0.00975. The molecule has 0 atom stereocenters. The molecule has 0 aliphatic rings. The van der Waals surface area contributed by atoms with Crippen molar-refractivity contribution in [2.24, 2.45) is 0 Å². The lowest BCUT2D eigenvalue weighted by Gasteiger charge is -2.07. The normalized spacial score (nSPS) is 10.8. The smallest absolute Gasteiger partial charge is 0.322 e. The maximum Gasteiger partial charge on any atom is 0.446 e. The van der Waals surface area contributed by atoms with E-state index < -0.39 is 11.4 Å². The van der Waals surface area contributed by atoms with Crippen LogP contribution in [0.5, 0.6) is 0 Å². The second-order valence-corrected chi connectivity index (χ2v) is 5.36. The van der Waals surface area contributed by atoms with E-state index in [4.69, 9.17) is 5.26 Å². The fourth-order valence-electron chi connectivity index (χ4n) is 1.68. The van der Waals surface area contributed by atoms with E-state index in [0.29, 0.717) is 11.3 Å². The molecule has 0 aliphatic carbocycles. The molecule has 0 heterocycles. The first-order valence-corrected chi connectivity index (χ1v) is 6.86. The standard InChI is InChI=1S/C15H9F3N2OS/c16-15(17,18)22-13-6-4-11(5-7-13)14(21)20-12-3-1-2-10(8-12)9-19/h1-8H,(H,20,21). The number of benzene rings is 2. The van der Waals surface area contributed by atoms with Gasteiger partial charge in [0.15, 0.2) is 0 Å².